The van der Waals surface area contributed by atoms with Crippen molar-refractivity contribution < 1.29 is 14.6 Å². The van der Waals surface area contributed by atoms with Crippen molar-refractivity contribution in [2.75, 3.05) is 18.6 Å². The van der Waals surface area contributed by atoms with Gasteiger partial charge in [-0.3, -0.25) is 0 Å². The van der Waals surface area contributed by atoms with Crippen LogP contribution >= 0.6 is 0 Å². The molecule has 6 nitrogen and oxygen atoms in total. The summed E-state index contributed by atoms with van der Waals surface area (Å²) in [6.45, 7) is 1.55. The Labute approximate surface area is 152 Å². The maximum absolute atomic E-state index is 10.1. The average molecular weight is 351 g/mol. The Bertz CT molecular complexity index is 870. The number of ether oxygens (including phenoxy) is 2. The lowest BCUT2D eigenvalue weighted by molar-refractivity contribution is 0.0856. The summed E-state index contributed by atoms with van der Waals surface area (Å²) in [6, 6.07) is 5.91. The standard InChI is InChI=1S/C20H21N3O3/c1-25-15-4-3-13-12-23(19-21-8-2-9-22-19)10-7-20-6-5-14(24)11-16(20)26-18(15)17(13)20/h2-6,8-9,14,16,24H,7,10-12H2,1H3/t14-,16?,20?/m0/s1. The highest BCUT2D eigenvalue weighted by Crippen LogP contribution is 2.55. The Kier molecular flexibility index (Phi) is 3.43. The molecule has 5 rings (SSSR count). The summed E-state index contributed by atoms with van der Waals surface area (Å²) in [6.07, 6.45) is 8.54. The molecule has 2 aliphatic heterocycles. The van der Waals surface area contributed by atoms with Crippen molar-refractivity contribution in [2.45, 2.75) is 37.0 Å². The second-order valence-corrected chi connectivity index (χ2v) is 7.16. The highest BCUT2D eigenvalue weighted by Gasteiger charge is 2.52. The van der Waals surface area contributed by atoms with E-state index in [0.29, 0.717) is 6.42 Å². The number of nitrogens with zero attached hydrogens (tertiary/aromatic N) is 3. The first-order valence-corrected chi connectivity index (χ1v) is 8.98. The lowest BCUT2D eigenvalue weighted by Gasteiger charge is -2.35. The van der Waals surface area contributed by atoms with Gasteiger partial charge in [0.2, 0.25) is 5.95 Å². The van der Waals surface area contributed by atoms with Gasteiger partial charge in [-0.15, -0.1) is 0 Å². The van der Waals surface area contributed by atoms with Crippen molar-refractivity contribution in [1.82, 2.24) is 9.97 Å². The molecular weight excluding hydrogens is 330 g/mol. The molecule has 6 heteroatoms. The molecule has 0 saturated carbocycles. The van der Waals surface area contributed by atoms with Gasteiger partial charge in [0.15, 0.2) is 11.5 Å². The molecule has 0 radical (unpaired) electrons. The van der Waals surface area contributed by atoms with E-state index in [1.165, 1.54) is 11.1 Å². The lowest BCUT2D eigenvalue weighted by Crippen LogP contribution is -2.43. The molecule has 3 heterocycles. The minimum atomic E-state index is -0.466. The average Bonchev–Trinajstić information content (AvgIpc) is 2.90. The molecule has 26 heavy (non-hydrogen) atoms. The third-order valence-electron chi connectivity index (χ3n) is 5.79. The van der Waals surface area contributed by atoms with E-state index in [2.05, 4.69) is 27.0 Å². The number of aliphatic hydroxyl groups excluding tert-OH is 1. The van der Waals surface area contributed by atoms with Crippen LogP contribution < -0.4 is 14.4 Å². The Morgan fingerprint density at radius 2 is 2.15 bits per heavy atom. The van der Waals surface area contributed by atoms with Crippen molar-refractivity contribution in [3.05, 3.63) is 53.9 Å². The van der Waals surface area contributed by atoms with Crippen LogP contribution in [0.3, 0.4) is 0 Å². The van der Waals surface area contributed by atoms with Crippen LogP contribution in [0.4, 0.5) is 5.95 Å². The van der Waals surface area contributed by atoms with Gasteiger partial charge in [-0.05, 0) is 24.1 Å². The number of rotatable bonds is 2. The van der Waals surface area contributed by atoms with Crippen molar-refractivity contribution in [1.29, 1.82) is 0 Å². The van der Waals surface area contributed by atoms with Crippen LogP contribution in [-0.2, 0) is 12.0 Å². The Balaban J connectivity index is 1.66. The van der Waals surface area contributed by atoms with Gasteiger partial charge in [0.25, 0.3) is 0 Å². The molecule has 134 valence electrons. The smallest absolute Gasteiger partial charge is 0.225 e. The maximum Gasteiger partial charge on any atom is 0.225 e. The second kappa shape index (κ2) is 5.71. The number of hydrogen-bond acceptors (Lipinski definition) is 6. The van der Waals surface area contributed by atoms with Crippen LogP contribution in [0.1, 0.15) is 24.0 Å². The van der Waals surface area contributed by atoms with E-state index in [4.69, 9.17) is 9.47 Å². The molecule has 2 unspecified atom stereocenters. The van der Waals surface area contributed by atoms with Crippen LogP contribution in [-0.4, -0.2) is 40.9 Å². The Morgan fingerprint density at radius 3 is 2.96 bits per heavy atom. The zero-order valence-electron chi connectivity index (χ0n) is 14.6. The summed E-state index contributed by atoms with van der Waals surface area (Å²) in [5.74, 6) is 2.32. The van der Waals surface area contributed by atoms with Gasteiger partial charge in [-0.1, -0.05) is 18.2 Å². The van der Waals surface area contributed by atoms with E-state index in [9.17, 15) is 5.11 Å². The van der Waals surface area contributed by atoms with E-state index in [0.717, 1.165) is 37.0 Å². The summed E-state index contributed by atoms with van der Waals surface area (Å²) < 4.78 is 11.9. The molecular formula is C20H21N3O3. The van der Waals surface area contributed by atoms with Gasteiger partial charge in [0.05, 0.1) is 18.6 Å². The van der Waals surface area contributed by atoms with Crippen molar-refractivity contribution in [3.8, 4) is 11.5 Å². The topological polar surface area (TPSA) is 67.7 Å². The quantitative estimate of drug-likeness (QED) is 0.837. The van der Waals surface area contributed by atoms with Crippen molar-refractivity contribution in [3.63, 3.8) is 0 Å². The molecule has 3 aliphatic rings. The van der Waals surface area contributed by atoms with E-state index in [-0.39, 0.29) is 11.5 Å². The highest BCUT2D eigenvalue weighted by atomic mass is 16.5. The zero-order valence-corrected chi connectivity index (χ0v) is 14.6. The van der Waals surface area contributed by atoms with Crippen molar-refractivity contribution in [2.24, 2.45) is 0 Å². The van der Waals surface area contributed by atoms with Gasteiger partial charge in [0.1, 0.15) is 6.10 Å². The first kappa shape index (κ1) is 15.6. The number of methoxy groups -OCH3 is 1. The molecule has 0 fully saturated rings. The van der Waals surface area contributed by atoms with Gasteiger partial charge < -0.3 is 19.5 Å². The molecule has 1 spiro atoms. The Hall–Kier alpha value is -2.60. The lowest BCUT2D eigenvalue weighted by atomic mass is 9.69. The molecule has 0 bridgehead atoms. The molecule has 0 amide bonds. The minimum absolute atomic E-state index is 0.0795. The zero-order chi connectivity index (χ0) is 17.7. The third kappa shape index (κ3) is 2.15. The number of aromatic nitrogens is 2. The fourth-order valence-electron chi connectivity index (χ4n) is 4.56. The van der Waals surface area contributed by atoms with Crippen LogP contribution in [0.25, 0.3) is 0 Å². The number of hydrogen-bond donors (Lipinski definition) is 1. The molecule has 1 aliphatic carbocycles. The number of benzene rings is 1. The third-order valence-corrected chi connectivity index (χ3v) is 5.79. The van der Waals surface area contributed by atoms with Gasteiger partial charge >= 0.3 is 0 Å². The molecule has 0 saturated heterocycles. The van der Waals surface area contributed by atoms with E-state index >= 15 is 0 Å². The van der Waals surface area contributed by atoms with E-state index < -0.39 is 6.10 Å². The number of anilines is 1. The predicted octanol–water partition coefficient (Wildman–Crippen LogP) is 2.22. The monoisotopic (exact) mass is 351 g/mol. The summed E-state index contributed by atoms with van der Waals surface area (Å²) in [5, 5.41) is 10.1. The minimum Gasteiger partial charge on any atom is -0.493 e. The molecule has 1 N–H and O–H groups in total. The van der Waals surface area contributed by atoms with Gasteiger partial charge in [-0.25, -0.2) is 9.97 Å². The van der Waals surface area contributed by atoms with Crippen molar-refractivity contribution >= 4 is 5.95 Å². The number of aliphatic hydroxyl groups is 1. The van der Waals surface area contributed by atoms with Gasteiger partial charge in [0, 0.05) is 37.5 Å². The molecule has 2 aromatic rings. The summed E-state index contributed by atoms with van der Waals surface area (Å²) in [7, 11) is 1.67. The summed E-state index contributed by atoms with van der Waals surface area (Å²) in [4.78, 5) is 11.1. The van der Waals surface area contributed by atoms with Crippen LogP contribution in [0.2, 0.25) is 0 Å². The fourth-order valence-corrected chi connectivity index (χ4v) is 4.56. The molecule has 1 aromatic heterocycles. The van der Waals surface area contributed by atoms with E-state index in [1.54, 1.807) is 19.5 Å². The second-order valence-electron chi connectivity index (χ2n) is 7.16. The van der Waals surface area contributed by atoms with Gasteiger partial charge in [-0.2, -0.15) is 0 Å². The van der Waals surface area contributed by atoms with Crippen LogP contribution in [0.5, 0.6) is 11.5 Å². The van der Waals surface area contributed by atoms with Crippen LogP contribution in [0.15, 0.2) is 42.7 Å². The SMILES string of the molecule is COc1ccc2c3c1OC1C[C@@H](O)C=CC31CCN(c1ncccn1)C2. The fraction of sp³-hybridized carbons (Fsp3) is 0.400. The first-order chi connectivity index (χ1) is 12.7. The maximum atomic E-state index is 10.1. The normalized spacial score (nSPS) is 28.8. The summed E-state index contributed by atoms with van der Waals surface area (Å²) >= 11 is 0. The largest absolute Gasteiger partial charge is 0.493 e. The van der Waals surface area contributed by atoms with E-state index in [1.807, 2.05) is 18.2 Å². The summed E-state index contributed by atoms with van der Waals surface area (Å²) in [5.41, 5.74) is 2.17. The highest BCUT2D eigenvalue weighted by molar-refractivity contribution is 5.62. The Morgan fingerprint density at radius 1 is 1.31 bits per heavy atom. The van der Waals surface area contributed by atoms with Crippen LogP contribution in [0, 0.1) is 0 Å². The molecule has 3 atom stereocenters. The molecule has 1 aromatic carbocycles. The predicted molar refractivity (Wildman–Crippen MR) is 96.6 cm³/mol. The first-order valence-electron chi connectivity index (χ1n) is 8.98.